The molecule has 0 aliphatic rings. The van der Waals surface area contributed by atoms with Gasteiger partial charge in [-0.05, 0) is 32.3 Å². The van der Waals surface area contributed by atoms with Crippen LogP contribution in [0.5, 0.6) is 0 Å². The van der Waals surface area contributed by atoms with E-state index in [2.05, 4.69) is 5.16 Å². The maximum atomic E-state index is 13.6. The average Bonchev–Trinajstić information content (AvgIpc) is 2.59. The first-order chi connectivity index (χ1) is 11.6. The van der Waals surface area contributed by atoms with E-state index in [1.165, 1.54) is 12.1 Å². The van der Waals surface area contributed by atoms with Crippen LogP contribution in [-0.4, -0.2) is 32.1 Å². The highest BCUT2D eigenvalue weighted by molar-refractivity contribution is 5.85. The summed E-state index contributed by atoms with van der Waals surface area (Å²) in [4.78, 5) is 7.39. The fraction of sp³-hybridized carbons (Fsp3) is 0.211. The fourth-order valence-corrected chi connectivity index (χ4v) is 2.30. The number of nitrogens with zero attached hydrogens (tertiary/aromatic N) is 2. The van der Waals surface area contributed by atoms with Crippen molar-refractivity contribution in [2.24, 2.45) is 5.16 Å². The lowest BCUT2D eigenvalue weighted by molar-refractivity contribution is 0.117. The maximum Gasteiger partial charge on any atom is 0.137 e. The van der Waals surface area contributed by atoms with E-state index in [9.17, 15) is 4.39 Å². The van der Waals surface area contributed by atoms with E-state index in [1.54, 1.807) is 12.1 Å². The molecule has 0 saturated heterocycles. The van der Waals surface area contributed by atoms with Crippen molar-refractivity contribution in [1.82, 2.24) is 4.90 Å². The molecule has 1 aromatic heterocycles. The molecule has 6 heteroatoms. The zero-order chi connectivity index (χ0) is 16.9. The van der Waals surface area contributed by atoms with Crippen molar-refractivity contribution >= 4 is 23.4 Å². The normalized spacial score (nSPS) is 11.6. The van der Waals surface area contributed by atoms with Gasteiger partial charge in [0.15, 0.2) is 0 Å². The summed E-state index contributed by atoms with van der Waals surface area (Å²) >= 11 is 0. The van der Waals surface area contributed by atoms with E-state index in [4.69, 9.17) is 9.25 Å². The van der Waals surface area contributed by atoms with Crippen molar-refractivity contribution in [3.8, 4) is 11.3 Å². The second kappa shape index (κ2) is 8.65. The molecule has 0 bridgehead atoms. The minimum Gasteiger partial charge on any atom is -0.456 e. The lowest BCUT2D eigenvalue weighted by Gasteiger charge is -2.08. The average molecular weight is 363 g/mol. The Morgan fingerprint density at radius 3 is 2.56 bits per heavy atom. The maximum absolute atomic E-state index is 13.6. The van der Waals surface area contributed by atoms with Crippen LogP contribution in [0.15, 0.2) is 64.2 Å². The van der Waals surface area contributed by atoms with E-state index in [1.807, 2.05) is 49.3 Å². The molecule has 0 saturated carbocycles. The Balaban J connectivity index is 0.00000225. The van der Waals surface area contributed by atoms with Gasteiger partial charge in [-0.25, -0.2) is 4.39 Å². The lowest BCUT2D eigenvalue weighted by Crippen LogP contribution is -2.17. The van der Waals surface area contributed by atoms with E-state index >= 15 is 0 Å². The van der Waals surface area contributed by atoms with Crippen molar-refractivity contribution in [1.29, 1.82) is 0 Å². The first kappa shape index (κ1) is 19.0. The third-order valence-electron chi connectivity index (χ3n) is 3.56. The SMILES string of the molecule is CN(C)CCO/N=c1\cc(-c2ccccc2)oc2ccc(F)cc12.Cl. The van der Waals surface area contributed by atoms with Crippen LogP contribution in [0, 0.1) is 5.82 Å². The minimum atomic E-state index is -0.338. The van der Waals surface area contributed by atoms with Gasteiger partial charge < -0.3 is 14.2 Å². The number of halogens is 2. The van der Waals surface area contributed by atoms with Gasteiger partial charge in [0.1, 0.15) is 29.1 Å². The van der Waals surface area contributed by atoms with Crippen molar-refractivity contribution < 1.29 is 13.6 Å². The van der Waals surface area contributed by atoms with Gasteiger partial charge in [0.25, 0.3) is 0 Å². The van der Waals surface area contributed by atoms with Crippen LogP contribution < -0.4 is 5.36 Å². The molecular weight excluding hydrogens is 343 g/mol. The summed E-state index contributed by atoms with van der Waals surface area (Å²) < 4.78 is 19.5. The first-order valence-corrected chi connectivity index (χ1v) is 7.73. The van der Waals surface area contributed by atoms with Crippen LogP contribution >= 0.6 is 12.4 Å². The number of hydrogen-bond donors (Lipinski definition) is 0. The Morgan fingerprint density at radius 1 is 1.08 bits per heavy atom. The van der Waals surface area contributed by atoms with Crippen molar-refractivity contribution in [3.63, 3.8) is 0 Å². The standard InChI is InChI=1S/C19H19FN2O2.ClH/c1-22(2)10-11-23-21-17-13-19(14-6-4-3-5-7-14)24-18-9-8-15(20)12-16(17)18;/h3-9,12-13H,10-11H2,1-2H3;1H/b21-17+;. The molecule has 1 heterocycles. The summed E-state index contributed by atoms with van der Waals surface area (Å²) in [5.41, 5.74) is 1.49. The predicted molar refractivity (Wildman–Crippen MR) is 98.9 cm³/mol. The second-order valence-corrected chi connectivity index (χ2v) is 5.73. The number of hydrogen-bond acceptors (Lipinski definition) is 4. The number of benzene rings is 2. The Kier molecular flexibility index (Phi) is 6.56. The summed E-state index contributed by atoms with van der Waals surface area (Å²) in [6, 6.07) is 15.9. The molecule has 0 aliphatic carbocycles. The molecule has 3 aromatic rings. The van der Waals surface area contributed by atoms with Gasteiger partial charge in [-0.3, -0.25) is 0 Å². The van der Waals surface area contributed by atoms with Gasteiger partial charge in [-0.2, -0.15) is 0 Å². The van der Waals surface area contributed by atoms with Crippen LogP contribution in [0.25, 0.3) is 22.3 Å². The first-order valence-electron chi connectivity index (χ1n) is 7.73. The van der Waals surface area contributed by atoms with Crippen molar-refractivity contribution in [3.05, 3.63) is 65.8 Å². The summed E-state index contributed by atoms with van der Waals surface area (Å²) in [6.07, 6.45) is 0. The van der Waals surface area contributed by atoms with Crippen molar-refractivity contribution in [2.45, 2.75) is 0 Å². The number of likely N-dealkylation sites (N-methyl/N-ethyl adjacent to an activating group) is 1. The van der Waals surface area contributed by atoms with Gasteiger partial charge in [-0.1, -0.05) is 35.5 Å². The fourth-order valence-electron chi connectivity index (χ4n) is 2.30. The summed E-state index contributed by atoms with van der Waals surface area (Å²) in [5, 5.41) is 5.31. The highest BCUT2D eigenvalue weighted by Crippen LogP contribution is 2.22. The molecule has 0 aliphatic heterocycles. The highest BCUT2D eigenvalue weighted by atomic mass is 35.5. The monoisotopic (exact) mass is 362 g/mol. The Bertz CT molecular complexity index is 895. The molecule has 0 amide bonds. The van der Waals surface area contributed by atoms with E-state index in [-0.39, 0.29) is 18.2 Å². The molecule has 0 unspecified atom stereocenters. The van der Waals surface area contributed by atoms with Gasteiger partial charge in [-0.15, -0.1) is 12.4 Å². The third-order valence-corrected chi connectivity index (χ3v) is 3.56. The van der Waals surface area contributed by atoms with Crippen molar-refractivity contribution in [2.75, 3.05) is 27.2 Å². The van der Waals surface area contributed by atoms with Gasteiger partial charge in [0.2, 0.25) is 0 Å². The Morgan fingerprint density at radius 2 is 1.84 bits per heavy atom. The number of rotatable bonds is 5. The molecule has 132 valence electrons. The van der Waals surface area contributed by atoms with Crippen LogP contribution in [0.1, 0.15) is 0 Å². The van der Waals surface area contributed by atoms with E-state index < -0.39 is 0 Å². The van der Waals surface area contributed by atoms with Crippen LogP contribution in [0.4, 0.5) is 4.39 Å². The lowest BCUT2D eigenvalue weighted by atomic mass is 10.1. The van der Waals surface area contributed by atoms with Gasteiger partial charge >= 0.3 is 0 Å². The smallest absolute Gasteiger partial charge is 0.137 e. The second-order valence-electron chi connectivity index (χ2n) is 5.73. The summed E-state index contributed by atoms with van der Waals surface area (Å²) in [7, 11) is 3.92. The zero-order valence-corrected chi connectivity index (χ0v) is 14.9. The minimum absolute atomic E-state index is 0. The quantitative estimate of drug-likeness (QED) is 0.507. The Hall–Kier alpha value is -2.37. The largest absolute Gasteiger partial charge is 0.456 e. The molecule has 0 radical (unpaired) electrons. The third kappa shape index (κ3) is 4.81. The van der Waals surface area contributed by atoms with Crippen LogP contribution in [0.3, 0.4) is 0 Å². The van der Waals surface area contributed by atoms with E-state index in [0.717, 1.165) is 12.1 Å². The summed E-state index contributed by atoms with van der Waals surface area (Å²) in [6.45, 7) is 1.20. The van der Waals surface area contributed by atoms with Crippen LogP contribution in [0.2, 0.25) is 0 Å². The van der Waals surface area contributed by atoms with Gasteiger partial charge in [0, 0.05) is 23.6 Å². The Labute approximate surface area is 151 Å². The molecule has 0 spiro atoms. The molecule has 3 rings (SSSR count). The molecule has 0 atom stereocenters. The predicted octanol–water partition coefficient (Wildman–Crippen LogP) is 4.05. The van der Waals surface area contributed by atoms with Gasteiger partial charge in [0.05, 0.1) is 0 Å². The van der Waals surface area contributed by atoms with Crippen LogP contribution in [-0.2, 0) is 4.84 Å². The molecule has 0 N–H and O–H groups in total. The zero-order valence-electron chi connectivity index (χ0n) is 14.1. The van der Waals surface area contributed by atoms with E-state index in [0.29, 0.717) is 28.7 Å². The summed E-state index contributed by atoms with van der Waals surface area (Å²) in [5.74, 6) is 0.319. The highest BCUT2D eigenvalue weighted by Gasteiger charge is 2.07. The topological polar surface area (TPSA) is 38.0 Å². The number of fused-ring (bicyclic) bond motifs is 1. The molecule has 25 heavy (non-hydrogen) atoms. The molecular formula is C19H20ClFN2O2. The molecule has 0 fully saturated rings. The molecule has 2 aromatic carbocycles. The molecule has 4 nitrogen and oxygen atoms in total.